The molecule has 19 heavy (non-hydrogen) atoms. The first-order valence-electron chi connectivity index (χ1n) is 6.44. The van der Waals surface area contributed by atoms with Gasteiger partial charge in [-0.05, 0) is 70.9 Å². The summed E-state index contributed by atoms with van der Waals surface area (Å²) in [7, 11) is 0. The van der Waals surface area contributed by atoms with Crippen molar-refractivity contribution < 1.29 is 0 Å². The molecule has 1 aliphatic carbocycles. The average Bonchev–Trinajstić information content (AvgIpc) is 2.87. The molecule has 0 bridgehead atoms. The van der Waals surface area contributed by atoms with Gasteiger partial charge in [-0.2, -0.15) is 0 Å². The summed E-state index contributed by atoms with van der Waals surface area (Å²) in [5, 5.41) is 3.36. The van der Waals surface area contributed by atoms with Crippen LogP contribution in [0, 0.1) is 6.92 Å². The lowest BCUT2D eigenvalue weighted by Gasteiger charge is -2.12. The van der Waals surface area contributed by atoms with Crippen molar-refractivity contribution in [2.24, 2.45) is 0 Å². The van der Waals surface area contributed by atoms with Crippen LogP contribution in [0.4, 0.5) is 17.2 Å². The number of pyridine rings is 1. The van der Waals surface area contributed by atoms with E-state index in [0.717, 1.165) is 21.5 Å². The van der Waals surface area contributed by atoms with E-state index in [1.807, 2.05) is 6.92 Å². The minimum absolute atomic E-state index is 0.700. The van der Waals surface area contributed by atoms with Gasteiger partial charge in [-0.3, -0.25) is 0 Å². The first-order valence-corrected chi connectivity index (χ1v) is 7.24. The van der Waals surface area contributed by atoms with Gasteiger partial charge >= 0.3 is 0 Å². The van der Waals surface area contributed by atoms with E-state index in [4.69, 9.17) is 5.73 Å². The van der Waals surface area contributed by atoms with Gasteiger partial charge in [-0.15, -0.1) is 0 Å². The summed E-state index contributed by atoms with van der Waals surface area (Å²) in [5.74, 6) is 0.810. The summed E-state index contributed by atoms with van der Waals surface area (Å²) in [6.07, 6.45) is 5.34. The number of rotatable bonds is 2. The Balaban J connectivity index is 1.91. The van der Waals surface area contributed by atoms with E-state index in [0.29, 0.717) is 5.69 Å². The molecule has 98 valence electrons. The number of hydrogen-bond donors (Lipinski definition) is 2. The van der Waals surface area contributed by atoms with Crippen LogP contribution in [0.5, 0.6) is 0 Å². The highest BCUT2D eigenvalue weighted by molar-refractivity contribution is 9.10. The van der Waals surface area contributed by atoms with E-state index in [9.17, 15) is 0 Å². The molecule has 0 spiro atoms. The summed E-state index contributed by atoms with van der Waals surface area (Å²) in [6.45, 7) is 1.98. The molecule has 0 aliphatic heterocycles. The third kappa shape index (κ3) is 2.32. The summed E-state index contributed by atoms with van der Waals surface area (Å²) in [6, 6.07) is 6.55. The second-order valence-electron chi connectivity index (χ2n) is 4.96. The lowest BCUT2D eigenvalue weighted by atomic mass is 10.1. The molecule has 0 unspecified atom stereocenters. The van der Waals surface area contributed by atoms with Crippen molar-refractivity contribution in [3.05, 3.63) is 45.6 Å². The molecule has 0 saturated carbocycles. The van der Waals surface area contributed by atoms with Gasteiger partial charge in [0, 0.05) is 5.69 Å². The number of nitrogens with one attached hydrogen (secondary N) is 1. The highest BCUT2D eigenvalue weighted by Crippen LogP contribution is 2.31. The fraction of sp³-hybridized carbons (Fsp3) is 0.267. The quantitative estimate of drug-likeness (QED) is 0.881. The molecule has 0 fully saturated rings. The molecule has 1 heterocycles. The van der Waals surface area contributed by atoms with E-state index in [1.165, 1.54) is 30.4 Å². The summed E-state index contributed by atoms with van der Waals surface area (Å²) in [5.41, 5.74) is 11.6. The van der Waals surface area contributed by atoms with Crippen LogP contribution in [0.15, 0.2) is 28.9 Å². The van der Waals surface area contributed by atoms with Crippen LogP contribution in [0.3, 0.4) is 0 Å². The van der Waals surface area contributed by atoms with Crippen LogP contribution >= 0.6 is 15.9 Å². The van der Waals surface area contributed by atoms with E-state index >= 15 is 0 Å². The van der Waals surface area contributed by atoms with E-state index in [-0.39, 0.29) is 0 Å². The average molecular weight is 318 g/mol. The number of aryl methyl sites for hydroxylation is 2. The maximum absolute atomic E-state index is 5.84. The molecule has 0 amide bonds. The fourth-order valence-electron chi connectivity index (χ4n) is 2.47. The van der Waals surface area contributed by atoms with Gasteiger partial charge < -0.3 is 11.1 Å². The van der Waals surface area contributed by atoms with Crippen LogP contribution in [0.2, 0.25) is 0 Å². The molecule has 4 heteroatoms. The summed E-state index contributed by atoms with van der Waals surface area (Å²) >= 11 is 3.55. The van der Waals surface area contributed by atoms with Crippen molar-refractivity contribution in [3.63, 3.8) is 0 Å². The lowest BCUT2D eigenvalue weighted by Crippen LogP contribution is -2.00. The molecule has 1 aromatic heterocycles. The van der Waals surface area contributed by atoms with Gasteiger partial charge in [0.1, 0.15) is 5.82 Å². The molecule has 2 aromatic rings. The second kappa shape index (κ2) is 4.85. The lowest BCUT2D eigenvalue weighted by molar-refractivity contribution is 0.912. The van der Waals surface area contributed by atoms with Crippen LogP contribution in [-0.4, -0.2) is 4.98 Å². The van der Waals surface area contributed by atoms with Crippen LogP contribution in [0.25, 0.3) is 0 Å². The van der Waals surface area contributed by atoms with Gasteiger partial charge in [0.15, 0.2) is 0 Å². The number of aromatic nitrogens is 1. The largest absolute Gasteiger partial charge is 0.397 e. The van der Waals surface area contributed by atoms with Crippen molar-refractivity contribution in [1.82, 2.24) is 4.98 Å². The third-order valence-corrected chi connectivity index (χ3v) is 4.63. The molecule has 3 N–H and O–H groups in total. The molecule has 1 aromatic carbocycles. The number of fused-ring (bicyclic) bond motifs is 1. The van der Waals surface area contributed by atoms with Gasteiger partial charge in [0.05, 0.1) is 16.4 Å². The van der Waals surface area contributed by atoms with E-state index < -0.39 is 0 Å². The fourth-order valence-corrected chi connectivity index (χ4v) is 2.90. The van der Waals surface area contributed by atoms with Crippen molar-refractivity contribution >= 4 is 33.1 Å². The molecule has 3 nitrogen and oxygen atoms in total. The van der Waals surface area contributed by atoms with Crippen LogP contribution in [-0.2, 0) is 12.8 Å². The number of halogens is 1. The SMILES string of the molecule is Cc1c(N)cnc(Nc2ccc3c(c2)CCC3)c1Br. The molecule has 0 saturated heterocycles. The summed E-state index contributed by atoms with van der Waals surface area (Å²) < 4.78 is 0.924. The van der Waals surface area contributed by atoms with Crippen molar-refractivity contribution in [2.45, 2.75) is 26.2 Å². The molecule has 1 aliphatic rings. The minimum atomic E-state index is 0.700. The van der Waals surface area contributed by atoms with Gasteiger partial charge in [-0.25, -0.2) is 4.98 Å². The zero-order valence-electron chi connectivity index (χ0n) is 10.8. The van der Waals surface area contributed by atoms with Crippen molar-refractivity contribution in [3.8, 4) is 0 Å². The number of nitrogen functional groups attached to an aromatic ring is 1. The molecule has 0 radical (unpaired) electrons. The maximum Gasteiger partial charge on any atom is 0.145 e. The standard InChI is InChI=1S/C15H16BrN3/c1-9-13(17)8-18-15(14(9)16)19-12-6-5-10-3-2-4-11(10)7-12/h5-8H,2-4,17H2,1H3,(H,18,19). The molecule has 3 rings (SSSR count). The van der Waals surface area contributed by atoms with E-state index in [2.05, 4.69) is 44.4 Å². The minimum Gasteiger partial charge on any atom is -0.397 e. The highest BCUT2D eigenvalue weighted by atomic mass is 79.9. The Kier molecular flexibility index (Phi) is 3.19. The predicted molar refractivity (Wildman–Crippen MR) is 82.8 cm³/mol. The van der Waals surface area contributed by atoms with E-state index in [1.54, 1.807) is 6.20 Å². The zero-order valence-corrected chi connectivity index (χ0v) is 12.4. The Morgan fingerprint density at radius 3 is 2.89 bits per heavy atom. The number of anilines is 3. The first-order chi connectivity index (χ1) is 9.15. The Labute approximate surface area is 121 Å². The summed E-state index contributed by atoms with van der Waals surface area (Å²) in [4.78, 5) is 4.34. The molecular formula is C15H16BrN3. The smallest absolute Gasteiger partial charge is 0.145 e. The van der Waals surface area contributed by atoms with Gasteiger partial charge in [-0.1, -0.05) is 6.07 Å². The van der Waals surface area contributed by atoms with Crippen LogP contribution < -0.4 is 11.1 Å². The predicted octanol–water partition coefficient (Wildman–Crippen LogP) is 3.97. The second-order valence-corrected chi connectivity index (χ2v) is 5.76. The van der Waals surface area contributed by atoms with Gasteiger partial charge in [0.25, 0.3) is 0 Å². The zero-order chi connectivity index (χ0) is 13.4. The Bertz CT molecular complexity index is 638. The van der Waals surface area contributed by atoms with Gasteiger partial charge in [0.2, 0.25) is 0 Å². The number of hydrogen-bond acceptors (Lipinski definition) is 3. The topological polar surface area (TPSA) is 50.9 Å². The Hall–Kier alpha value is -1.55. The number of benzene rings is 1. The first kappa shape index (κ1) is 12.5. The normalized spacial score (nSPS) is 13.4. The number of nitrogens with zero attached hydrogens (tertiary/aromatic N) is 1. The van der Waals surface area contributed by atoms with Crippen LogP contribution in [0.1, 0.15) is 23.1 Å². The third-order valence-electron chi connectivity index (χ3n) is 3.66. The number of nitrogens with two attached hydrogens (primary N) is 1. The highest BCUT2D eigenvalue weighted by Gasteiger charge is 2.12. The Morgan fingerprint density at radius 2 is 2.05 bits per heavy atom. The van der Waals surface area contributed by atoms with Crippen molar-refractivity contribution in [2.75, 3.05) is 11.1 Å². The molecular weight excluding hydrogens is 302 g/mol. The Morgan fingerprint density at radius 1 is 1.26 bits per heavy atom. The maximum atomic E-state index is 5.84. The van der Waals surface area contributed by atoms with Crippen molar-refractivity contribution in [1.29, 1.82) is 0 Å². The monoisotopic (exact) mass is 317 g/mol. The molecule has 0 atom stereocenters.